The van der Waals surface area contributed by atoms with Gasteiger partial charge in [0.2, 0.25) is 0 Å². The number of hydrogen-bond donors (Lipinski definition) is 1. The Hall–Kier alpha value is -3.08. The fourth-order valence-corrected chi connectivity index (χ4v) is 2.63. The molecule has 3 rings (SSSR count). The van der Waals surface area contributed by atoms with Gasteiger partial charge in [-0.1, -0.05) is 31.2 Å². The van der Waals surface area contributed by atoms with Crippen molar-refractivity contribution in [3.63, 3.8) is 0 Å². The van der Waals surface area contributed by atoms with Gasteiger partial charge in [-0.25, -0.2) is 4.98 Å². The van der Waals surface area contributed by atoms with E-state index in [1.165, 1.54) is 0 Å². The highest BCUT2D eigenvalue weighted by Gasteiger charge is 2.12. The summed E-state index contributed by atoms with van der Waals surface area (Å²) in [5.41, 5.74) is 2.06. The number of para-hydroxylation sites is 1. The van der Waals surface area contributed by atoms with E-state index in [0.29, 0.717) is 24.6 Å². The lowest BCUT2D eigenvalue weighted by Gasteiger charge is -2.10. The van der Waals surface area contributed by atoms with Crippen molar-refractivity contribution in [1.82, 2.24) is 10.3 Å². The number of nitrogens with zero attached hydrogens (tertiary/aromatic N) is 1. The maximum Gasteiger partial charge on any atom is 0.270 e. The van der Waals surface area contributed by atoms with Gasteiger partial charge in [0, 0.05) is 18.0 Å². The largest absolute Gasteiger partial charge is 0.496 e. The topological polar surface area (TPSA) is 60.5 Å². The SMILES string of the molecule is CCCOc1ccc(CNC(=O)c2cc(OC)c3ccccc3n2)cc1. The van der Waals surface area contributed by atoms with Crippen LogP contribution in [0.2, 0.25) is 0 Å². The van der Waals surface area contributed by atoms with Gasteiger partial charge in [0.25, 0.3) is 5.91 Å². The first-order valence-electron chi connectivity index (χ1n) is 8.65. The summed E-state index contributed by atoms with van der Waals surface area (Å²) in [5, 5.41) is 3.78. The lowest BCUT2D eigenvalue weighted by atomic mass is 10.1. The normalized spacial score (nSPS) is 10.5. The van der Waals surface area contributed by atoms with Crippen LogP contribution >= 0.6 is 0 Å². The molecule has 0 fully saturated rings. The minimum Gasteiger partial charge on any atom is -0.496 e. The summed E-state index contributed by atoms with van der Waals surface area (Å²) in [5.74, 6) is 1.24. The molecule has 2 aromatic carbocycles. The number of nitrogens with one attached hydrogen (secondary N) is 1. The molecule has 1 amide bonds. The second-order valence-electron chi connectivity index (χ2n) is 5.90. The van der Waals surface area contributed by atoms with Gasteiger partial charge in [0.05, 0.1) is 19.2 Å². The molecular weight excluding hydrogens is 328 g/mol. The van der Waals surface area contributed by atoms with E-state index in [-0.39, 0.29) is 5.91 Å². The zero-order valence-corrected chi connectivity index (χ0v) is 15.0. The summed E-state index contributed by atoms with van der Waals surface area (Å²) < 4.78 is 11.0. The highest BCUT2D eigenvalue weighted by molar-refractivity contribution is 5.97. The third kappa shape index (κ3) is 4.11. The number of amides is 1. The van der Waals surface area contributed by atoms with Crippen LogP contribution in [0.4, 0.5) is 0 Å². The van der Waals surface area contributed by atoms with Crippen LogP contribution in [-0.2, 0) is 6.54 Å². The lowest BCUT2D eigenvalue weighted by Crippen LogP contribution is -2.23. The predicted octanol–water partition coefficient (Wildman–Crippen LogP) is 3.96. The van der Waals surface area contributed by atoms with Crippen molar-refractivity contribution in [2.24, 2.45) is 0 Å². The molecule has 0 atom stereocenters. The van der Waals surface area contributed by atoms with Gasteiger partial charge in [-0.2, -0.15) is 0 Å². The summed E-state index contributed by atoms with van der Waals surface area (Å²) >= 11 is 0. The third-order valence-electron chi connectivity index (χ3n) is 3.98. The summed E-state index contributed by atoms with van der Waals surface area (Å²) in [6, 6.07) is 17.0. The van der Waals surface area contributed by atoms with Gasteiger partial charge in [0.15, 0.2) is 0 Å². The first kappa shape index (κ1) is 17.7. The number of hydrogen-bond acceptors (Lipinski definition) is 4. The molecular formula is C21H22N2O3. The van der Waals surface area contributed by atoms with E-state index < -0.39 is 0 Å². The molecule has 1 N–H and O–H groups in total. The molecule has 5 nitrogen and oxygen atoms in total. The molecule has 3 aromatic rings. The smallest absolute Gasteiger partial charge is 0.270 e. The minimum absolute atomic E-state index is 0.236. The molecule has 0 saturated carbocycles. The first-order chi connectivity index (χ1) is 12.7. The number of fused-ring (bicyclic) bond motifs is 1. The maximum atomic E-state index is 12.5. The molecule has 0 saturated heterocycles. The molecule has 1 aromatic heterocycles. The molecule has 134 valence electrons. The zero-order valence-electron chi connectivity index (χ0n) is 15.0. The molecule has 5 heteroatoms. The Morgan fingerprint density at radius 3 is 2.62 bits per heavy atom. The Kier molecular flexibility index (Phi) is 5.69. The quantitative estimate of drug-likeness (QED) is 0.701. The van der Waals surface area contributed by atoms with Gasteiger partial charge in [-0.15, -0.1) is 0 Å². The van der Waals surface area contributed by atoms with Crippen LogP contribution in [0.1, 0.15) is 29.4 Å². The van der Waals surface area contributed by atoms with Gasteiger partial charge in [-0.3, -0.25) is 4.79 Å². The van der Waals surface area contributed by atoms with E-state index in [9.17, 15) is 4.79 Å². The average molecular weight is 350 g/mol. The molecule has 0 aliphatic rings. The third-order valence-corrected chi connectivity index (χ3v) is 3.98. The van der Waals surface area contributed by atoms with E-state index in [1.807, 2.05) is 48.5 Å². The van der Waals surface area contributed by atoms with Crippen LogP contribution in [0.5, 0.6) is 11.5 Å². The Bertz CT molecular complexity index is 891. The maximum absolute atomic E-state index is 12.5. The van der Waals surface area contributed by atoms with E-state index in [4.69, 9.17) is 9.47 Å². The average Bonchev–Trinajstić information content (AvgIpc) is 2.70. The van der Waals surface area contributed by atoms with Crippen molar-refractivity contribution >= 4 is 16.8 Å². The van der Waals surface area contributed by atoms with E-state index >= 15 is 0 Å². The van der Waals surface area contributed by atoms with Crippen molar-refractivity contribution in [2.75, 3.05) is 13.7 Å². The number of aromatic nitrogens is 1. The Balaban J connectivity index is 1.69. The van der Waals surface area contributed by atoms with Gasteiger partial charge < -0.3 is 14.8 Å². The second-order valence-corrected chi connectivity index (χ2v) is 5.90. The Morgan fingerprint density at radius 1 is 1.12 bits per heavy atom. The van der Waals surface area contributed by atoms with Crippen LogP contribution in [0, 0.1) is 0 Å². The number of ether oxygens (including phenoxy) is 2. The standard InChI is InChI=1S/C21H22N2O3/c1-3-12-26-16-10-8-15(9-11-16)14-22-21(24)19-13-20(25-2)17-6-4-5-7-18(17)23-19/h4-11,13H,3,12,14H2,1-2H3,(H,22,24). The van der Waals surface area contributed by atoms with Crippen molar-refractivity contribution in [1.29, 1.82) is 0 Å². The fourth-order valence-electron chi connectivity index (χ4n) is 2.63. The van der Waals surface area contributed by atoms with Crippen molar-refractivity contribution in [3.8, 4) is 11.5 Å². The zero-order chi connectivity index (χ0) is 18.4. The molecule has 0 unspecified atom stereocenters. The summed E-state index contributed by atoms with van der Waals surface area (Å²) in [6.07, 6.45) is 0.972. The van der Waals surface area contributed by atoms with Crippen LogP contribution in [0.3, 0.4) is 0 Å². The number of carbonyl (C=O) groups excluding carboxylic acids is 1. The van der Waals surface area contributed by atoms with Crippen molar-refractivity contribution < 1.29 is 14.3 Å². The second kappa shape index (κ2) is 8.34. The highest BCUT2D eigenvalue weighted by atomic mass is 16.5. The Morgan fingerprint density at radius 2 is 1.88 bits per heavy atom. The molecule has 26 heavy (non-hydrogen) atoms. The monoisotopic (exact) mass is 350 g/mol. The number of methoxy groups -OCH3 is 1. The summed E-state index contributed by atoms with van der Waals surface area (Å²) in [7, 11) is 1.59. The number of carbonyl (C=O) groups is 1. The molecule has 0 spiro atoms. The minimum atomic E-state index is -0.236. The van der Waals surface area contributed by atoms with E-state index in [2.05, 4.69) is 17.2 Å². The van der Waals surface area contributed by atoms with Gasteiger partial charge in [-0.05, 0) is 36.2 Å². The first-order valence-corrected chi connectivity index (χ1v) is 8.65. The van der Waals surface area contributed by atoms with Gasteiger partial charge in [0.1, 0.15) is 17.2 Å². The molecule has 0 bridgehead atoms. The lowest BCUT2D eigenvalue weighted by molar-refractivity contribution is 0.0946. The van der Waals surface area contributed by atoms with E-state index in [0.717, 1.165) is 28.6 Å². The number of rotatable bonds is 7. The highest BCUT2D eigenvalue weighted by Crippen LogP contribution is 2.25. The molecule has 1 heterocycles. The van der Waals surface area contributed by atoms with E-state index in [1.54, 1.807) is 13.2 Å². The van der Waals surface area contributed by atoms with Crippen LogP contribution in [-0.4, -0.2) is 24.6 Å². The van der Waals surface area contributed by atoms with Crippen LogP contribution in [0.25, 0.3) is 10.9 Å². The van der Waals surface area contributed by atoms with Crippen LogP contribution < -0.4 is 14.8 Å². The summed E-state index contributed by atoms with van der Waals surface area (Å²) in [6.45, 7) is 3.19. The molecule has 0 aliphatic carbocycles. The van der Waals surface area contributed by atoms with Crippen LogP contribution in [0.15, 0.2) is 54.6 Å². The molecule has 0 radical (unpaired) electrons. The van der Waals surface area contributed by atoms with Crippen molar-refractivity contribution in [2.45, 2.75) is 19.9 Å². The van der Waals surface area contributed by atoms with Crippen molar-refractivity contribution in [3.05, 3.63) is 65.9 Å². The fraction of sp³-hybridized carbons (Fsp3) is 0.238. The summed E-state index contributed by atoms with van der Waals surface area (Å²) in [4.78, 5) is 16.9. The molecule has 0 aliphatic heterocycles. The number of pyridine rings is 1. The Labute approximate surface area is 153 Å². The number of benzene rings is 2. The van der Waals surface area contributed by atoms with Gasteiger partial charge >= 0.3 is 0 Å². The predicted molar refractivity (Wildman–Crippen MR) is 102 cm³/mol.